The van der Waals surface area contributed by atoms with Crippen molar-refractivity contribution in [2.24, 2.45) is 5.92 Å². The van der Waals surface area contributed by atoms with Gasteiger partial charge in [0.05, 0.1) is 6.26 Å². The molecule has 0 saturated heterocycles. The van der Waals surface area contributed by atoms with E-state index in [-0.39, 0.29) is 12.4 Å². The summed E-state index contributed by atoms with van der Waals surface area (Å²) in [4.78, 5) is 8.03. The second-order valence-electron chi connectivity index (χ2n) is 7.84. The summed E-state index contributed by atoms with van der Waals surface area (Å²) in [5, 5.41) is 1.42. The molecule has 3 aromatic heterocycles. The van der Waals surface area contributed by atoms with Gasteiger partial charge in [-0.05, 0) is 74.1 Å². The zero-order chi connectivity index (χ0) is 16.8. The van der Waals surface area contributed by atoms with Crippen molar-refractivity contribution in [3.05, 3.63) is 40.1 Å². The SMILES string of the molecule is CC1CCc2c(sc3nc4c(c(-c5ccco5)c23)CCCCCC4)C1.Cl. The molecule has 2 nitrogen and oxygen atoms in total. The van der Waals surface area contributed by atoms with Crippen molar-refractivity contribution in [1.29, 1.82) is 0 Å². The smallest absolute Gasteiger partial charge is 0.134 e. The second kappa shape index (κ2) is 7.36. The van der Waals surface area contributed by atoms with Crippen LogP contribution >= 0.6 is 23.7 Å². The number of rotatable bonds is 1. The molecule has 0 aromatic carbocycles. The molecule has 0 radical (unpaired) electrons. The summed E-state index contributed by atoms with van der Waals surface area (Å²) in [5.41, 5.74) is 5.76. The Morgan fingerprint density at radius 1 is 1.08 bits per heavy atom. The maximum atomic E-state index is 5.92. The molecule has 2 aliphatic carbocycles. The molecule has 0 aliphatic heterocycles. The van der Waals surface area contributed by atoms with Crippen LogP contribution in [0.15, 0.2) is 22.8 Å². The first-order valence-electron chi connectivity index (χ1n) is 9.81. The van der Waals surface area contributed by atoms with Crippen molar-refractivity contribution < 1.29 is 4.42 Å². The molecular weight excluding hydrogens is 362 g/mol. The third-order valence-electron chi connectivity index (χ3n) is 5.99. The molecule has 138 valence electrons. The molecule has 0 N–H and O–H groups in total. The molecule has 0 spiro atoms. The minimum absolute atomic E-state index is 0. The average molecular weight is 388 g/mol. The molecule has 0 fully saturated rings. The van der Waals surface area contributed by atoms with Crippen molar-refractivity contribution in [2.45, 2.75) is 64.7 Å². The molecule has 3 aromatic rings. The van der Waals surface area contributed by atoms with Crippen molar-refractivity contribution >= 4 is 34.0 Å². The van der Waals surface area contributed by atoms with Crippen molar-refractivity contribution in [3.8, 4) is 11.3 Å². The Balaban J connectivity index is 0.00000168. The Labute approximate surface area is 165 Å². The first-order chi connectivity index (χ1) is 12.3. The predicted molar refractivity (Wildman–Crippen MR) is 112 cm³/mol. The molecular formula is C22H26ClNOS. The maximum absolute atomic E-state index is 5.92. The first-order valence-corrected chi connectivity index (χ1v) is 10.6. The molecule has 5 rings (SSSR count). The number of halogens is 1. The minimum atomic E-state index is 0. The molecule has 0 amide bonds. The largest absolute Gasteiger partial charge is 0.464 e. The molecule has 0 saturated carbocycles. The van der Waals surface area contributed by atoms with E-state index in [0.717, 1.165) is 24.5 Å². The van der Waals surface area contributed by atoms with E-state index in [1.165, 1.54) is 72.0 Å². The number of thiophene rings is 1. The van der Waals surface area contributed by atoms with Gasteiger partial charge in [0.2, 0.25) is 0 Å². The molecule has 0 bridgehead atoms. The van der Waals surface area contributed by atoms with E-state index in [9.17, 15) is 0 Å². The van der Waals surface area contributed by atoms with Crippen LogP contribution in [0.2, 0.25) is 0 Å². The lowest BCUT2D eigenvalue weighted by molar-refractivity contribution is 0.509. The van der Waals surface area contributed by atoms with Crippen LogP contribution in [0.25, 0.3) is 21.5 Å². The third-order valence-corrected chi connectivity index (χ3v) is 7.14. The number of pyridine rings is 1. The van der Waals surface area contributed by atoms with Gasteiger partial charge >= 0.3 is 0 Å². The molecule has 4 heteroatoms. The fourth-order valence-electron chi connectivity index (χ4n) is 4.67. The van der Waals surface area contributed by atoms with Gasteiger partial charge in [-0.1, -0.05) is 19.8 Å². The van der Waals surface area contributed by atoms with E-state index in [1.54, 1.807) is 10.4 Å². The van der Waals surface area contributed by atoms with Crippen LogP contribution in [0.5, 0.6) is 0 Å². The normalized spacial score (nSPS) is 20.0. The highest BCUT2D eigenvalue weighted by atomic mass is 35.5. The number of hydrogen-bond acceptors (Lipinski definition) is 3. The Bertz CT molecular complexity index is 912. The second-order valence-corrected chi connectivity index (χ2v) is 8.92. The predicted octanol–water partition coefficient (Wildman–Crippen LogP) is 6.76. The number of furan rings is 1. The van der Waals surface area contributed by atoms with Gasteiger partial charge in [-0.2, -0.15) is 0 Å². The number of nitrogens with zero attached hydrogens (tertiary/aromatic N) is 1. The van der Waals surface area contributed by atoms with Crippen molar-refractivity contribution in [3.63, 3.8) is 0 Å². The fraction of sp³-hybridized carbons (Fsp3) is 0.500. The van der Waals surface area contributed by atoms with Gasteiger partial charge in [-0.3, -0.25) is 0 Å². The van der Waals surface area contributed by atoms with Crippen LogP contribution in [0, 0.1) is 5.92 Å². The van der Waals surface area contributed by atoms with Crippen LogP contribution in [0.4, 0.5) is 0 Å². The van der Waals surface area contributed by atoms with E-state index in [2.05, 4.69) is 13.0 Å². The van der Waals surface area contributed by atoms with Crippen LogP contribution in [0.3, 0.4) is 0 Å². The Morgan fingerprint density at radius 3 is 2.73 bits per heavy atom. The number of fused-ring (bicyclic) bond motifs is 4. The average Bonchev–Trinajstić information content (AvgIpc) is 3.21. The number of aromatic nitrogens is 1. The van der Waals surface area contributed by atoms with Gasteiger partial charge in [0, 0.05) is 21.5 Å². The van der Waals surface area contributed by atoms with Gasteiger partial charge in [0.15, 0.2) is 0 Å². The Morgan fingerprint density at radius 2 is 1.92 bits per heavy atom. The highest BCUT2D eigenvalue weighted by molar-refractivity contribution is 7.19. The van der Waals surface area contributed by atoms with Crippen molar-refractivity contribution in [2.75, 3.05) is 0 Å². The lowest BCUT2D eigenvalue weighted by Crippen LogP contribution is -2.09. The Hall–Kier alpha value is -1.32. The zero-order valence-electron chi connectivity index (χ0n) is 15.3. The highest BCUT2D eigenvalue weighted by Gasteiger charge is 2.27. The quantitative estimate of drug-likeness (QED) is 0.460. The lowest BCUT2D eigenvalue weighted by atomic mass is 9.85. The van der Waals surface area contributed by atoms with E-state index in [1.807, 2.05) is 23.7 Å². The van der Waals surface area contributed by atoms with Gasteiger partial charge in [0.25, 0.3) is 0 Å². The standard InChI is InChI=1S/C22H25NOS.ClH/c1-14-10-11-16-19(13-14)25-22-21(16)20(18-9-6-12-24-18)15-7-4-2-3-5-8-17(15)23-22;/h6,9,12,14H,2-5,7-8,10-11,13H2,1H3;1H. The molecule has 2 aliphatic rings. The zero-order valence-corrected chi connectivity index (χ0v) is 17.0. The summed E-state index contributed by atoms with van der Waals surface area (Å²) in [6, 6.07) is 4.17. The van der Waals surface area contributed by atoms with E-state index in [4.69, 9.17) is 9.40 Å². The van der Waals surface area contributed by atoms with Crippen LogP contribution < -0.4 is 0 Å². The highest BCUT2D eigenvalue weighted by Crippen LogP contribution is 2.44. The minimum Gasteiger partial charge on any atom is -0.464 e. The van der Waals surface area contributed by atoms with Crippen LogP contribution in [-0.4, -0.2) is 4.98 Å². The molecule has 3 heterocycles. The summed E-state index contributed by atoms with van der Waals surface area (Å²) < 4.78 is 5.92. The Kier molecular flexibility index (Phi) is 5.11. The monoisotopic (exact) mass is 387 g/mol. The van der Waals surface area contributed by atoms with Gasteiger partial charge in [-0.15, -0.1) is 23.7 Å². The number of hydrogen-bond donors (Lipinski definition) is 0. The topological polar surface area (TPSA) is 26.0 Å². The summed E-state index contributed by atoms with van der Waals surface area (Å²) in [7, 11) is 0. The maximum Gasteiger partial charge on any atom is 0.134 e. The molecule has 1 unspecified atom stereocenters. The molecule has 1 atom stereocenters. The van der Waals surface area contributed by atoms with E-state index in [0.29, 0.717) is 0 Å². The van der Waals surface area contributed by atoms with E-state index >= 15 is 0 Å². The summed E-state index contributed by atoms with van der Waals surface area (Å²) in [6.45, 7) is 2.38. The summed E-state index contributed by atoms with van der Waals surface area (Å²) >= 11 is 1.95. The first kappa shape index (κ1) is 18.1. The van der Waals surface area contributed by atoms with Gasteiger partial charge in [0.1, 0.15) is 10.6 Å². The van der Waals surface area contributed by atoms with Crippen LogP contribution in [-0.2, 0) is 25.7 Å². The number of aryl methyl sites for hydroxylation is 2. The van der Waals surface area contributed by atoms with Gasteiger partial charge < -0.3 is 4.42 Å². The fourth-order valence-corrected chi connectivity index (χ4v) is 6.09. The van der Waals surface area contributed by atoms with Gasteiger partial charge in [-0.25, -0.2) is 4.98 Å². The third kappa shape index (κ3) is 2.99. The van der Waals surface area contributed by atoms with Crippen molar-refractivity contribution in [1.82, 2.24) is 4.98 Å². The summed E-state index contributed by atoms with van der Waals surface area (Å²) in [6.07, 6.45) is 13.0. The van der Waals surface area contributed by atoms with Crippen LogP contribution in [0.1, 0.15) is 60.7 Å². The lowest BCUT2D eigenvalue weighted by Gasteiger charge is -2.20. The summed E-state index contributed by atoms with van der Waals surface area (Å²) in [5.74, 6) is 1.84. The van der Waals surface area contributed by atoms with E-state index < -0.39 is 0 Å². The molecule has 26 heavy (non-hydrogen) atoms.